The van der Waals surface area contributed by atoms with Gasteiger partial charge in [-0.05, 0) is 49.2 Å². The lowest BCUT2D eigenvalue weighted by Gasteiger charge is -2.53. The number of fused-ring (bicyclic) bond motifs is 4. The molecule has 2 aliphatic heterocycles. The molecule has 0 radical (unpaired) electrons. The van der Waals surface area contributed by atoms with Crippen molar-refractivity contribution in [1.29, 1.82) is 0 Å². The van der Waals surface area contributed by atoms with Gasteiger partial charge in [-0.15, -0.1) is 0 Å². The van der Waals surface area contributed by atoms with Crippen molar-refractivity contribution in [2.75, 3.05) is 6.61 Å². The maximum Gasteiger partial charge on any atom is 0.331 e. The Kier molecular flexibility index (Phi) is 6.21. The quantitative estimate of drug-likeness (QED) is 0.523. The molecule has 6 nitrogen and oxygen atoms in total. The van der Waals surface area contributed by atoms with Crippen molar-refractivity contribution in [1.82, 2.24) is 5.32 Å². The molecule has 2 bridgehead atoms. The second-order valence-corrected chi connectivity index (χ2v) is 10.2. The van der Waals surface area contributed by atoms with Gasteiger partial charge < -0.3 is 19.9 Å². The van der Waals surface area contributed by atoms with Crippen molar-refractivity contribution in [3.63, 3.8) is 0 Å². The lowest BCUT2D eigenvalue weighted by molar-refractivity contribution is -0.259. The summed E-state index contributed by atoms with van der Waals surface area (Å²) in [5.41, 5.74) is -0.291. The SMILES string of the molecule is CC1CCC2C1C(OC(=O)/C=C/c1ccccc1)C1(C(C)C)CC(NC(=O)CO)C2(C)O1. The second-order valence-electron chi connectivity index (χ2n) is 10.2. The topological polar surface area (TPSA) is 84.9 Å². The number of aliphatic hydroxyl groups is 1. The monoisotopic (exact) mass is 441 g/mol. The number of benzene rings is 1. The van der Waals surface area contributed by atoms with E-state index in [0.717, 1.165) is 18.4 Å². The van der Waals surface area contributed by atoms with E-state index in [1.54, 1.807) is 6.08 Å². The van der Waals surface area contributed by atoms with Crippen LogP contribution < -0.4 is 5.32 Å². The van der Waals surface area contributed by atoms with E-state index in [4.69, 9.17) is 9.47 Å². The highest BCUT2D eigenvalue weighted by Gasteiger charge is 2.71. The Hall–Kier alpha value is -2.18. The third-order valence-corrected chi connectivity index (χ3v) is 8.16. The number of aliphatic hydroxyl groups excluding tert-OH is 1. The molecular weight excluding hydrogens is 406 g/mol. The van der Waals surface area contributed by atoms with Crippen LogP contribution in [-0.4, -0.2) is 46.9 Å². The minimum atomic E-state index is -0.682. The normalized spacial score (nSPS) is 38.1. The number of carbonyl (C=O) groups excluding carboxylic acids is 2. The van der Waals surface area contributed by atoms with Gasteiger partial charge in [-0.25, -0.2) is 4.79 Å². The molecule has 1 aliphatic carbocycles. The summed E-state index contributed by atoms with van der Waals surface area (Å²) in [4.78, 5) is 25.0. The molecule has 174 valence electrons. The standard InChI is InChI=1S/C26H35NO5/c1-16(2)26-14-20(27-21(29)15-28)25(4,32-26)19-12-10-17(3)23(19)24(26)31-22(30)13-11-18-8-6-5-7-9-18/h5-9,11,13,16-17,19-20,23-24,28H,10,12,14-15H2,1-4H3,(H,27,29)/b13-11+. The van der Waals surface area contributed by atoms with Gasteiger partial charge in [-0.2, -0.15) is 0 Å². The number of amides is 1. The fourth-order valence-corrected chi connectivity index (χ4v) is 6.47. The van der Waals surface area contributed by atoms with Gasteiger partial charge in [-0.1, -0.05) is 51.1 Å². The summed E-state index contributed by atoms with van der Waals surface area (Å²) in [6.45, 7) is 7.96. The molecule has 2 N–H and O–H groups in total. The number of rotatable bonds is 6. The zero-order chi connectivity index (χ0) is 23.1. The number of carbonyl (C=O) groups is 2. The van der Waals surface area contributed by atoms with E-state index < -0.39 is 23.7 Å². The Morgan fingerprint density at radius 3 is 2.66 bits per heavy atom. The number of nitrogens with one attached hydrogen (secondary N) is 1. The molecular formula is C26H35NO5. The van der Waals surface area contributed by atoms with Crippen LogP contribution in [0.1, 0.15) is 52.5 Å². The van der Waals surface area contributed by atoms with Crippen LogP contribution in [0, 0.1) is 23.7 Å². The van der Waals surface area contributed by atoms with Crippen molar-refractivity contribution in [2.24, 2.45) is 23.7 Å². The second kappa shape index (κ2) is 8.64. The Labute approximate surface area is 190 Å². The zero-order valence-corrected chi connectivity index (χ0v) is 19.4. The van der Waals surface area contributed by atoms with Crippen molar-refractivity contribution in [3.05, 3.63) is 42.0 Å². The van der Waals surface area contributed by atoms with Crippen LogP contribution in [0.5, 0.6) is 0 Å². The van der Waals surface area contributed by atoms with Gasteiger partial charge in [-0.3, -0.25) is 4.79 Å². The molecule has 6 heteroatoms. The predicted octanol–water partition coefficient (Wildman–Crippen LogP) is 3.34. The van der Waals surface area contributed by atoms with Gasteiger partial charge in [0.25, 0.3) is 0 Å². The highest BCUT2D eigenvalue weighted by atomic mass is 16.6. The molecule has 7 unspecified atom stereocenters. The van der Waals surface area contributed by atoms with E-state index in [0.29, 0.717) is 12.3 Å². The van der Waals surface area contributed by atoms with Gasteiger partial charge in [0.15, 0.2) is 0 Å². The van der Waals surface area contributed by atoms with Gasteiger partial charge >= 0.3 is 5.97 Å². The molecule has 2 heterocycles. The summed E-state index contributed by atoms with van der Waals surface area (Å²) in [6, 6.07) is 9.44. The first kappa shape index (κ1) is 23.0. The lowest BCUT2D eigenvalue weighted by Crippen LogP contribution is -2.63. The highest BCUT2D eigenvalue weighted by molar-refractivity contribution is 5.87. The van der Waals surface area contributed by atoms with Gasteiger partial charge in [0, 0.05) is 18.4 Å². The van der Waals surface area contributed by atoms with E-state index >= 15 is 0 Å². The Bertz CT molecular complexity index is 883. The van der Waals surface area contributed by atoms with Gasteiger partial charge in [0.2, 0.25) is 5.91 Å². The van der Waals surface area contributed by atoms with E-state index in [9.17, 15) is 14.7 Å². The summed E-state index contributed by atoms with van der Waals surface area (Å²) in [5.74, 6) is 0.0556. The molecule has 3 fully saturated rings. The summed E-state index contributed by atoms with van der Waals surface area (Å²) < 4.78 is 13.0. The summed E-state index contributed by atoms with van der Waals surface area (Å²) >= 11 is 0. The highest BCUT2D eigenvalue weighted by Crippen LogP contribution is 2.62. The van der Waals surface area contributed by atoms with Crippen LogP contribution in [0.15, 0.2) is 36.4 Å². The van der Waals surface area contributed by atoms with E-state index in [-0.39, 0.29) is 35.9 Å². The molecule has 0 spiro atoms. The maximum absolute atomic E-state index is 12.9. The van der Waals surface area contributed by atoms with Gasteiger partial charge in [0.05, 0.1) is 11.6 Å². The fourth-order valence-electron chi connectivity index (χ4n) is 6.47. The van der Waals surface area contributed by atoms with Crippen LogP contribution >= 0.6 is 0 Å². The van der Waals surface area contributed by atoms with Crippen molar-refractivity contribution >= 4 is 18.0 Å². The van der Waals surface area contributed by atoms with Crippen LogP contribution in [-0.2, 0) is 19.1 Å². The summed E-state index contributed by atoms with van der Waals surface area (Å²) in [6.07, 6.45) is 5.44. The number of hydrogen-bond acceptors (Lipinski definition) is 5. The first-order chi connectivity index (χ1) is 15.2. The molecule has 7 atom stereocenters. The summed E-state index contributed by atoms with van der Waals surface area (Å²) in [5, 5.41) is 12.3. The molecule has 1 aromatic rings. The van der Waals surface area contributed by atoms with Crippen LogP contribution in [0.4, 0.5) is 0 Å². The molecule has 2 saturated heterocycles. The van der Waals surface area contributed by atoms with E-state index in [1.807, 2.05) is 30.3 Å². The Morgan fingerprint density at radius 2 is 2.00 bits per heavy atom. The average molecular weight is 442 g/mol. The van der Waals surface area contributed by atoms with Crippen LogP contribution in [0.2, 0.25) is 0 Å². The summed E-state index contributed by atoms with van der Waals surface area (Å²) in [7, 11) is 0. The Morgan fingerprint density at radius 1 is 1.28 bits per heavy atom. The molecule has 1 saturated carbocycles. The third kappa shape index (κ3) is 3.77. The molecule has 0 aromatic heterocycles. The van der Waals surface area contributed by atoms with Crippen molar-refractivity contribution < 1.29 is 24.2 Å². The molecule has 1 aromatic carbocycles. The average Bonchev–Trinajstić information content (AvgIpc) is 3.28. The molecule has 1 amide bonds. The smallest absolute Gasteiger partial charge is 0.331 e. The minimum Gasteiger partial charge on any atom is -0.456 e. The number of esters is 1. The van der Waals surface area contributed by atoms with Crippen LogP contribution in [0.25, 0.3) is 6.08 Å². The number of ether oxygens (including phenoxy) is 2. The van der Waals surface area contributed by atoms with Crippen molar-refractivity contribution in [2.45, 2.75) is 70.3 Å². The first-order valence-corrected chi connectivity index (χ1v) is 11.8. The third-order valence-electron chi connectivity index (χ3n) is 8.16. The van der Waals surface area contributed by atoms with E-state index in [1.165, 1.54) is 6.08 Å². The zero-order valence-electron chi connectivity index (χ0n) is 19.4. The molecule has 4 rings (SSSR count). The fraction of sp³-hybridized carbons (Fsp3) is 0.615. The van der Waals surface area contributed by atoms with Crippen molar-refractivity contribution in [3.8, 4) is 0 Å². The Balaban J connectivity index is 1.65. The molecule has 3 aliphatic rings. The van der Waals surface area contributed by atoms with Crippen LogP contribution in [0.3, 0.4) is 0 Å². The van der Waals surface area contributed by atoms with Gasteiger partial charge in [0.1, 0.15) is 18.3 Å². The number of hydrogen-bond donors (Lipinski definition) is 2. The minimum absolute atomic E-state index is 0.0857. The molecule has 32 heavy (non-hydrogen) atoms. The van der Waals surface area contributed by atoms with E-state index in [2.05, 4.69) is 33.0 Å². The predicted molar refractivity (Wildman–Crippen MR) is 121 cm³/mol. The first-order valence-electron chi connectivity index (χ1n) is 11.8. The maximum atomic E-state index is 12.9. The largest absolute Gasteiger partial charge is 0.456 e. The lowest BCUT2D eigenvalue weighted by atomic mass is 9.69.